The quantitative estimate of drug-likeness (QED) is 0.796. The van der Waals surface area contributed by atoms with E-state index in [1.165, 1.54) is 10.6 Å². The first-order valence-corrected chi connectivity index (χ1v) is 6.52. The molecule has 0 radical (unpaired) electrons. The van der Waals surface area contributed by atoms with Crippen molar-refractivity contribution in [1.82, 2.24) is 0 Å². The van der Waals surface area contributed by atoms with E-state index in [0.717, 1.165) is 0 Å². The smallest absolute Gasteiger partial charge is 0.232 e. The SMILES string of the molecule is CC(C)N(c1cccc(N)c1)S(C)(=O)=O. The number of nitrogens with two attached hydrogens (primary N) is 1. The third kappa shape index (κ3) is 2.86. The van der Waals surface area contributed by atoms with Gasteiger partial charge in [0, 0.05) is 11.7 Å². The predicted molar refractivity (Wildman–Crippen MR) is 63.3 cm³/mol. The van der Waals surface area contributed by atoms with Gasteiger partial charge >= 0.3 is 0 Å². The molecule has 0 aliphatic carbocycles. The molecule has 0 bridgehead atoms. The van der Waals surface area contributed by atoms with Crippen LogP contribution in [0.25, 0.3) is 0 Å². The highest BCUT2D eigenvalue weighted by molar-refractivity contribution is 7.92. The molecule has 0 saturated heterocycles. The molecule has 84 valence electrons. The predicted octanol–water partition coefficient (Wildman–Crippen LogP) is 1.44. The fourth-order valence-electron chi connectivity index (χ4n) is 1.53. The Kier molecular flexibility index (Phi) is 3.24. The number of anilines is 2. The van der Waals surface area contributed by atoms with Gasteiger partial charge < -0.3 is 5.73 Å². The Labute approximate surface area is 90.8 Å². The van der Waals surface area contributed by atoms with Crippen molar-refractivity contribution in [2.45, 2.75) is 19.9 Å². The summed E-state index contributed by atoms with van der Waals surface area (Å²) < 4.78 is 24.5. The summed E-state index contributed by atoms with van der Waals surface area (Å²) in [5.41, 5.74) is 6.78. The Balaban J connectivity index is 3.23. The van der Waals surface area contributed by atoms with Gasteiger partial charge in [-0.1, -0.05) is 6.07 Å². The topological polar surface area (TPSA) is 63.4 Å². The molecule has 0 aliphatic rings. The average Bonchev–Trinajstić information content (AvgIpc) is 1.99. The van der Waals surface area contributed by atoms with E-state index >= 15 is 0 Å². The number of hydrogen-bond acceptors (Lipinski definition) is 3. The highest BCUT2D eigenvalue weighted by atomic mass is 32.2. The van der Waals surface area contributed by atoms with Crippen LogP contribution in [-0.4, -0.2) is 20.7 Å². The molecule has 0 amide bonds. The normalized spacial score (nSPS) is 11.7. The van der Waals surface area contributed by atoms with Crippen LogP contribution in [0.15, 0.2) is 24.3 Å². The summed E-state index contributed by atoms with van der Waals surface area (Å²) in [6.07, 6.45) is 1.19. The van der Waals surface area contributed by atoms with Gasteiger partial charge in [0.1, 0.15) is 0 Å². The van der Waals surface area contributed by atoms with Crippen molar-refractivity contribution < 1.29 is 8.42 Å². The van der Waals surface area contributed by atoms with Crippen molar-refractivity contribution in [3.63, 3.8) is 0 Å². The molecule has 1 aromatic carbocycles. The van der Waals surface area contributed by atoms with Crippen molar-refractivity contribution in [3.8, 4) is 0 Å². The lowest BCUT2D eigenvalue weighted by Gasteiger charge is -2.26. The van der Waals surface area contributed by atoms with Crippen molar-refractivity contribution >= 4 is 21.4 Å². The second-order valence-electron chi connectivity index (χ2n) is 3.75. The number of sulfonamides is 1. The Morgan fingerprint density at radius 3 is 2.33 bits per heavy atom. The lowest BCUT2D eigenvalue weighted by atomic mass is 10.2. The molecule has 5 heteroatoms. The summed E-state index contributed by atoms with van der Waals surface area (Å²) in [5.74, 6) is 0. The van der Waals surface area contributed by atoms with Gasteiger partial charge in [0.25, 0.3) is 0 Å². The second kappa shape index (κ2) is 4.10. The van der Waals surface area contributed by atoms with Crippen LogP contribution in [-0.2, 0) is 10.0 Å². The van der Waals surface area contributed by atoms with Crippen molar-refractivity contribution in [3.05, 3.63) is 24.3 Å². The molecule has 0 aliphatic heterocycles. The number of rotatable bonds is 3. The molecule has 15 heavy (non-hydrogen) atoms. The maximum Gasteiger partial charge on any atom is 0.232 e. The minimum absolute atomic E-state index is 0.123. The Morgan fingerprint density at radius 2 is 1.93 bits per heavy atom. The Hall–Kier alpha value is -1.23. The zero-order valence-corrected chi connectivity index (χ0v) is 9.95. The van der Waals surface area contributed by atoms with E-state index in [1.54, 1.807) is 24.3 Å². The van der Waals surface area contributed by atoms with Crippen LogP contribution in [0.5, 0.6) is 0 Å². The van der Waals surface area contributed by atoms with Crippen molar-refractivity contribution in [1.29, 1.82) is 0 Å². The highest BCUT2D eigenvalue weighted by Crippen LogP contribution is 2.22. The molecule has 0 fully saturated rings. The molecule has 1 aromatic rings. The van der Waals surface area contributed by atoms with Gasteiger partial charge in [-0.3, -0.25) is 4.31 Å². The molecule has 0 spiro atoms. The van der Waals surface area contributed by atoms with E-state index in [4.69, 9.17) is 5.73 Å². The zero-order chi connectivity index (χ0) is 11.6. The molecule has 4 nitrogen and oxygen atoms in total. The van der Waals surface area contributed by atoms with E-state index < -0.39 is 10.0 Å². The van der Waals surface area contributed by atoms with Crippen LogP contribution >= 0.6 is 0 Å². The van der Waals surface area contributed by atoms with Crippen LogP contribution in [0, 0.1) is 0 Å². The molecule has 2 N–H and O–H groups in total. The summed E-state index contributed by atoms with van der Waals surface area (Å²) in [4.78, 5) is 0. The standard InChI is InChI=1S/C10H16N2O2S/c1-8(2)12(15(3,13)14)10-6-4-5-9(11)7-10/h4-8H,11H2,1-3H3. The van der Waals surface area contributed by atoms with E-state index in [-0.39, 0.29) is 6.04 Å². The largest absolute Gasteiger partial charge is 0.399 e. The summed E-state index contributed by atoms with van der Waals surface area (Å²) >= 11 is 0. The molecule has 0 unspecified atom stereocenters. The third-order valence-corrected chi connectivity index (χ3v) is 3.30. The fourth-order valence-corrected chi connectivity index (χ4v) is 2.80. The first-order valence-electron chi connectivity index (χ1n) is 4.67. The first-order chi connectivity index (χ1) is 6.82. The van der Waals surface area contributed by atoms with Gasteiger partial charge in [0.15, 0.2) is 0 Å². The second-order valence-corrected chi connectivity index (χ2v) is 5.61. The van der Waals surface area contributed by atoms with E-state index in [0.29, 0.717) is 11.4 Å². The van der Waals surface area contributed by atoms with E-state index in [2.05, 4.69) is 0 Å². The molecular weight excluding hydrogens is 212 g/mol. The summed E-state index contributed by atoms with van der Waals surface area (Å²) in [7, 11) is -3.26. The maximum atomic E-state index is 11.6. The lowest BCUT2D eigenvalue weighted by Crippen LogP contribution is -2.36. The van der Waals surface area contributed by atoms with Gasteiger partial charge in [-0.15, -0.1) is 0 Å². The van der Waals surface area contributed by atoms with Crippen LogP contribution in [0.1, 0.15) is 13.8 Å². The molecule has 0 heterocycles. The number of benzene rings is 1. The first kappa shape index (κ1) is 11.8. The summed E-state index contributed by atoms with van der Waals surface area (Å²) in [6.45, 7) is 3.65. The zero-order valence-electron chi connectivity index (χ0n) is 9.14. The van der Waals surface area contributed by atoms with Crippen LogP contribution in [0.2, 0.25) is 0 Å². The van der Waals surface area contributed by atoms with Gasteiger partial charge in [-0.05, 0) is 32.0 Å². The Bertz CT molecular complexity index is 440. The third-order valence-electron chi connectivity index (χ3n) is 1.95. The Morgan fingerprint density at radius 1 is 1.33 bits per heavy atom. The minimum atomic E-state index is -3.26. The molecular formula is C10H16N2O2S. The molecule has 0 atom stereocenters. The van der Waals surface area contributed by atoms with Crippen molar-refractivity contribution in [2.24, 2.45) is 0 Å². The van der Waals surface area contributed by atoms with E-state index in [9.17, 15) is 8.42 Å². The van der Waals surface area contributed by atoms with E-state index in [1.807, 2.05) is 13.8 Å². The van der Waals surface area contributed by atoms with Crippen molar-refractivity contribution in [2.75, 3.05) is 16.3 Å². The van der Waals surface area contributed by atoms with Crippen LogP contribution in [0.4, 0.5) is 11.4 Å². The highest BCUT2D eigenvalue weighted by Gasteiger charge is 2.20. The van der Waals surface area contributed by atoms with Gasteiger partial charge in [0.05, 0.1) is 11.9 Å². The van der Waals surface area contributed by atoms with Crippen LogP contribution in [0.3, 0.4) is 0 Å². The number of nitrogens with zero attached hydrogens (tertiary/aromatic N) is 1. The number of nitrogen functional groups attached to an aromatic ring is 1. The summed E-state index contributed by atoms with van der Waals surface area (Å²) in [6, 6.07) is 6.73. The molecule has 1 rings (SSSR count). The average molecular weight is 228 g/mol. The van der Waals surface area contributed by atoms with Gasteiger partial charge in [0.2, 0.25) is 10.0 Å². The van der Waals surface area contributed by atoms with Gasteiger partial charge in [-0.2, -0.15) is 0 Å². The molecule has 0 aromatic heterocycles. The summed E-state index contributed by atoms with van der Waals surface area (Å²) in [5, 5.41) is 0. The number of hydrogen-bond donors (Lipinski definition) is 1. The fraction of sp³-hybridized carbons (Fsp3) is 0.400. The monoisotopic (exact) mass is 228 g/mol. The minimum Gasteiger partial charge on any atom is -0.399 e. The molecule has 0 saturated carbocycles. The maximum absolute atomic E-state index is 11.6. The lowest BCUT2D eigenvalue weighted by molar-refractivity contribution is 0.590. The van der Waals surface area contributed by atoms with Gasteiger partial charge in [-0.25, -0.2) is 8.42 Å². The van der Waals surface area contributed by atoms with Crippen LogP contribution < -0.4 is 10.0 Å².